The van der Waals surface area contributed by atoms with Gasteiger partial charge in [0.2, 0.25) is 10.0 Å². The van der Waals surface area contributed by atoms with E-state index in [1.54, 1.807) is 18.2 Å². The molecule has 1 aliphatic heterocycles. The van der Waals surface area contributed by atoms with Gasteiger partial charge in [0.1, 0.15) is 4.90 Å². The van der Waals surface area contributed by atoms with Gasteiger partial charge < -0.3 is 5.11 Å². The number of nitrogens with zero attached hydrogens (tertiary/aromatic N) is 2. The van der Waals surface area contributed by atoms with Crippen LogP contribution in [-0.2, 0) is 14.8 Å². The Labute approximate surface area is 153 Å². The van der Waals surface area contributed by atoms with Crippen molar-refractivity contribution in [2.24, 2.45) is 0 Å². The number of carbonyl (C=O) groups is 1. The summed E-state index contributed by atoms with van der Waals surface area (Å²) in [5, 5.41) is 9.16. The Morgan fingerprint density at radius 1 is 1.33 bits per heavy atom. The van der Waals surface area contributed by atoms with E-state index in [1.807, 2.05) is 11.8 Å². The monoisotopic (exact) mass is 396 g/mol. The van der Waals surface area contributed by atoms with Crippen molar-refractivity contribution in [2.75, 3.05) is 26.2 Å². The lowest BCUT2D eigenvalue weighted by molar-refractivity contribution is -0.139. The first-order chi connectivity index (χ1) is 10.9. The predicted octanol–water partition coefficient (Wildman–Crippen LogP) is 2.32. The predicted molar refractivity (Wildman–Crippen MR) is 95.4 cm³/mol. The lowest BCUT2D eigenvalue weighted by atomic mass is 10.0. The zero-order valence-corrected chi connectivity index (χ0v) is 15.8. The van der Waals surface area contributed by atoms with Crippen LogP contribution in [-0.4, -0.2) is 60.9 Å². The van der Waals surface area contributed by atoms with Crippen LogP contribution >= 0.6 is 24.0 Å². The van der Waals surface area contributed by atoms with Crippen molar-refractivity contribution in [3.05, 3.63) is 29.3 Å². The number of hydrogen-bond donors (Lipinski definition) is 1. The Morgan fingerprint density at radius 2 is 1.92 bits per heavy atom. The molecule has 0 bridgehead atoms. The zero-order chi connectivity index (χ0) is 17.0. The van der Waals surface area contributed by atoms with Crippen LogP contribution in [0.1, 0.15) is 19.8 Å². The zero-order valence-electron chi connectivity index (χ0n) is 13.4. The van der Waals surface area contributed by atoms with Crippen LogP contribution in [0.5, 0.6) is 0 Å². The third-order valence-electron chi connectivity index (χ3n) is 4.14. The van der Waals surface area contributed by atoms with E-state index >= 15 is 0 Å². The number of aliphatic carboxylic acids is 1. The molecule has 9 heteroatoms. The van der Waals surface area contributed by atoms with Crippen LogP contribution in [0.4, 0.5) is 0 Å². The van der Waals surface area contributed by atoms with Crippen molar-refractivity contribution in [3.63, 3.8) is 0 Å². The molecular weight excluding hydrogens is 375 g/mol. The maximum absolute atomic E-state index is 12.7. The summed E-state index contributed by atoms with van der Waals surface area (Å²) in [5.41, 5.74) is 0. The topological polar surface area (TPSA) is 77.9 Å². The first-order valence-electron chi connectivity index (χ1n) is 7.56. The van der Waals surface area contributed by atoms with E-state index in [-0.39, 0.29) is 34.9 Å². The van der Waals surface area contributed by atoms with Gasteiger partial charge in [-0.05, 0) is 31.5 Å². The van der Waals surface area contributed by atoms with E-state index in [0.29, 0.717) is 32.5 Å². The quantitative estimate of drug-likeness (QED) is 0.797. The molecule has 2 rings (SSSR count). The lowest BCUT2D eigenvalue weighted by Gasteiger charge is -2.36. The number of hydrogen-bond acceptors (Lipinski definition) is 4. The number of carboxylic acids is 1. The second-order valence-electron chi connectivity index (χ2n) is 5.52. The van der Waals surface area contributed by atoms with Gasteiger partial charge >= 0.3 is 5.97 Å². The molecule has 136 valence electrons. The highest BCUT2D eigenvalue weighted by Gasteiger charge is 2.32. The molecule has 0 saturated carbocycles. The van der Waals surface area contributed by atoms with Gasteiger partial charge in [-0.15, -0.1) is 12.4 Å². The summed E-state index contributed by atoms with van der Waals surface area (Å²) in [6.07, 6.45) is 1.23. The summed E-state index contributed by atoms with van der Waals surface area (Å²) < 4.78 is 26.8. The lowest BCUT2D eigenvalue weighted by Crippen LogP contribution is -2.48. The van der Waals surface area contributed by atoms with Gasteiger partial charge in [0.25, 0.3) is 0 Å². The standard InChI is InChI=1S/C15H21ClN2O4S.ClH/c1-2-17(11-15(19)20)12-7-9-18(10-8-12)23(21,22)14-6-4-3-5-13(14)16;/h3-6,12H,2,7-11H2,1H3,(H,19,20);1H. The molecule has 1 aliphatic rings. The molecule has 1 aromatic rings. The smallest absolute Gasteiger partial charge is 0.317 e. The minimum absolute atomic E-state index is 0. The number of benzene rings is 1. The minimum atomic E-state index is -3.61. The Bertz CT molecular complexity index is 661. The third-order valence-corrected chi connectivity index (χ3v) is 6.54. The Balaban J connectivity index is 0.00000288. The second-order valence-corrected chi connectivity index (χ2v) is 7.84. The van der Waals surface area contributed by atoms with Crippen molar-refractivity contribution in [3.8, 4) is 0 Å². The largest absolute Gasteiger partial charge is 0.480 e. The number of sulfonamides is 1. The van der Waals surface area contributed by atoms with Gasteiger partial charge in [-0.25, -0.2) is 8.42 Å². The molecule has 0 atom stereocenters. The summed E-state index contributed by atoms with van der Waals surface area (Å²) in [6, 6.07) is 6.50. The van der Waals surface area contributed by atoms with Crippen LogP contribution in [0.25, 0.3) is 0 Å². The van der Waals surface area contributed by atoms with Gasteiger partial charge in [0.15, 0.2) is 0 Å². The molecule has 1 heterocycles. The second kappa shape index (κ2) is 9.01. The minimum Gasteiger partial charge on any atom is -0.480 e. The molecule has 6 nitrogen and oxygen atoms in total. The van der Waals surface area contributed by atoms with Crippen LogP contribution < -0.4 is 0 Å². The summed E-state index contributed by atoms with van der Waals surface area (Å²) in [7, 11) is -3.61. The van der Waals surface area contributed by atoms with Gasteiger partial charge in [0, 0.05) is 19.1 Å². The van der Waals surface area contributed by atoms with Crippen LogP contribution in [0, 0.1) is 0 Å². The van der Waals surface area contributed by atoms with Crippen LogP contribution in [0.15, 0.2) is 29.2 Å². The Hall–Kier alpha value is -0.860. The fourth-order valence-electron chi connectivity index (χ4n) is 2.91. The summed E-state index contributed by atoms with van der Waals surface area (Å²) in [4.78, 5) is 12.9. The van der Waals surface area contributed by atoms with E-state index in [9.17, 15) is 13.2 Å². The normalized spacial score (nSPS) is 16.8. The molecule has 1 fully saturated rings. The van der Waals surface area contributed by atoms with Crippen molar-refractivity contribution in [1.82, 2.24) is 9.21 Å². The van der Waals surface area contributed by atoms with Crippen molar-refractivity contribution in [2.45, 2.75) is 30.7 Å². The van der Waals surface area contributed by atoms with Gasteiger partial charge in [-0.1, -0.05) is 30.7 Å². The molecule has 24 heavy (non-hydrogen) atoms. The molecule has 0 aliphatic carbocycles. The van der Waals surface area contributed by atoms with Gasteiger partial charge in [0.05, 0.1) is 11.6 Å². The van der Waals surface area contributed by atoms with E-state index in [0.717, 1.165) is 0 Å². The third kappa shape index (κ3) is 4.83. The molecule has 1 N–H and O–H groups in total. The molecule has 0 amide bonds. The van der Waals surface area contributed by atoms with Crippen molar-refractivity contribution < 1.29 is 18.3 Å². The van der Waals surface area contributed by atoms with Crippen LogP contribution in [0.3, 0.4) is 0 Å². The molecule has 0 aromatic heterocycles. The number of rotatable bonds is 6. The molecule has 0 radical (unpaired) electrons. The van der Waals surface area contributed by atoms with E-state index in [4.69, 9.17) is 16.7 Å². The SMILES string of the molecule is CCN(CC(=O)O)C1CCN(S(=O)(=O)c2ccccc2Cl)CC1.Cl. The average molecular weight is 397 g/mol. The first-order valence-corrected chi connectivity index (χ1v) is 9.38. The van der Waals surface area contributed by atoms with E-state index < -0.39 is 16.0 Å². The van der Waals surface area contributed by atoms with Crippen molar-refractivity contribution in [1.29, 1.82) is 0 Å². The number of carboxylic acid groups (broad SMARTS) is 1. The fourth-order valence-corrected chi connectivity index (χ4v) is 4.88. The Morgan fingerprint density at radius 3 is 2.42 bits per heavy atom. The van der Waals surface area contributed by atoms with E-state index in [2.05, 4.69) is 0 Å². The maximum Gasteiger partial charge on any atom is 0.317 e. The molecule has 0 unspecified atom stereocenters. The molecule has 0 spiro atoms. The highest BCUT2D eigenvalue weighted by Crippen LogP contribution is 2.27. The number of halogens is 2. The molecule has 1 aromatic carbocycles. The Kier molecular flexibility index (Phi) is 7.95. The highest BCUT2D eigenvalue weighted by atomic mass is 35.5. The summed E-state index contributed by atoms with van der Waals surface area (Å²) >= 11 is 6.01. The number of likely N-dealkylation sites (N-methyl/N-ethyl adjacent to an activating group) is 1. The van der Waals surface area contributed by atoms with Crippen LogP contribution in [0.2, 0.25) is 5.02 Å². The fraction of sp³-hybridized carbons (Fsp3) is 0.533. The van der Waals surface area contributed by atoms with Gasteiger partial charge in [-0.2, -0.15) is 4.31 Å². The van der Waals surface area contributed by atoms with Gasteiger partial charge in [-0.3, -0.25) is 9.69 Å². The summed E-state index contributed by atoms with van der Waals surface area (Å²) in [6.45, 7) is 3.27. The average Bonchev–Trinajstić information content (AvgIpc) is 2.53. The first kappa shape index (κ1) is 21.2. The highest BCUT2D eigenvalue weighted by molar-refractivity contribution is 7.89. The number of piperidine rings is 1. The van der Waals surface area contributed by atoms with E-state index in [1.165, 1.54) is 10.4 Å². The summed E-state index contributed by atoms with van der Waals surface area (Å²) in [5.74, 6) is -0.863. The molecular formula is C15H22Cl2N2O4S. The van der Waals surface area contributed by atoms with Crippen molar-refractivity contribution >= 4 is 40.0 Å². The maximum atomic E-state index is 12.7. The molecule has 1 saturated heterocycles.